The molecule has 0 radical (unpaired) electrons. The van der Waals surface area contributed by atoms with Crippen LogP contribution in [0.1, 0.15) is 22.5 Å². The van der Waals surface area contributed by atoms with Crippen LogP contribution in [0, 0.1) is 13.8 Å². The normalized spacial score (nSPS) is 12.0. The Bertz CT molecular complexity index is 1390. The van der Waals surface area contributed by atoms with E-state index in [1.165, 1.54) is 34.8 Å². The maximum Gasteiger partial charge on any atom is 0.252 e. The molecule has 8 heteroatoms. The summed E-state index contributed by atoms with van der Waals surface area (Å²) in [5, 5.41) is 1.32. The van der Waals surface area contributed by atoms with E-state index in [2.05, 4.69) is 4.98 Å². The van der Waals surface area contributed by atoms with Crippen molar-refractivity contribution in [3.8, 4) is 0 Å². The maximum absolute atomic E-state index is 13.4. The minimum atomic E-state index is -3.92. The molecule has 31 heavy (non-hydrogen) atoms. The molecule has 0 saturated carbocycles. The number of hydrogen-bond acceptors (Lipinski definition) is 4. The molecule has 1 N–H and O–H groups in total. The molecule has 0 amide bonds. The van der Waals surface area contributed by atoms with E-state index >= 15 is 0 Å². The van der Waals surface area contributed by atoms with Gasteiger partial charge in [-0.2, -0.15) is 4.31 Å². The quantitative estimate of drug-likeness (QED) is 0.452. The van der Waals surface area contributed by atoms with Crippen molar-refractivity contribution in [3.05, 3.63) is 98.7 Å². The van der Waals surface area contributed by atoms with Crippen LogP contribution in [0.25, 0.3) is 10.9 Å². The molecule has 0 aliphatic heterocycles. The molecule has 6 nitrogen and oxygen atoms in total. The highest BCUT2D eigenvalue weighted by Gasteiger charge is 2.27. The Hall–Kier alpha value is -2.87. The number of halogens is 1. The number of benzene rings is 2. The second-order valence-electron chi connectivity index (χ2n) is 7.47. The molecule has 0 spiro atoms. The zero-order valence-electron chi connectivity index (χ0n) is 17.1. The van der Waals surface area contributed by atoms with Crippen LogP contribution in [0.15, 0.2) is 75.0 Å². The van der Waals surface area contributed by atoms with Crippen molar-refractivity contribution in [1.82, 2.24) is 9.29 Å². The van der Waals surface area contributed by atoms with Crippen molar-refractivity contribution in [1.29, 1.82) is 0 Å². The summed E-state index contributed by atoms with van der Waals surface area (Å²) in [7, 11) is -3.92. The number of sulfonamides is 1. The summed E-state index contributed by atoms with van der Waals surface area (Å²) in [4.78, 5) is 15.8. The fraction of sp³-hybridized carbons (Fsp3) is 0.174. The predicted octanol–water partition coefficient (Wildman–Crippen LogP) is 4.78. The lowest BCUT2D eigenvalue weighted by atomic mass is 10.0. The highest BCUT2D eigenvalue weighted by molar-refractivity contribution is 7.89. The number of aromatic amines is 1. The van der Waals surface area contributed by atoms with Gasteiger partial charge in [-0.1, -0.05) is 17.7 Å². The summed E-state index contributed by atoms with van der Waals surface area (Å²) in [5.41, 5.74) is 2.80. The first-order valence-electron chi connectivity index (χ1n) is 9.65. The Kier molecular flexibility index (Phi) is 5.75. The number of furan rings is 1. The molecule has 0 fully saturated rings. The van der Waals surface area contributed by atoms with Crippen molar-refractivity contribution in [3.63, 3.8) is 0 Å². The third-order valence-corrected chi connectivity index (χ3v) is 7.16. The number of H-pyrrole nitrogens is 1. The molecule has 2 aromatic heterocycles. The van der Waals surface area contributed by atoms with E-state index in [4.69, 9.17) is 16.0 Å². The van der Waals surface area contributed by atoms with E-state index in [1.807, 2.05) is 26.0 Å². The van der Waals surface area contributed by atoms with Gasteiger partial charge in [0.25, 0.3) is 5.56 Å². The van der Waals surface area contributed by atoms with Gasteiger partial charge in [0.15, 0.2) is 0 Å². The monoisotopic (exact) mass is 456 g/mol. The van der Waals surface area contributed by atoms with Crippen LogP contribution in [0.3, 0.4) is 0 Å². The summed E-state index contributed by atoms with van der Waals surface area (Å²) >= 11 is 5.92. The Labute approximate surface area is 185 Å². The van der Waals surface area contributed by atoms with Crippen LogP contribution in [0.4, 0.5) is 0 Å². The number of hydrogen-bond donors (Lipinski definition) is 1. The van der Waals surface area contributed by atoms with Crippen LogP contribution < -0.4 is 5.56 Å². The van der Waals surface area contributed by atoms with Crippen molar-refractivity contribution in [2.24, 2.45) is 0 Å². The molecule has 160 valence electrons. The molecule has 0 aliphatic carbocycles. The van der Waals surface area contributed by atoms with Gasteiger partial charge < -0.3 is 9.40 Å². The molecule has 0 unspecified atom stereocenters. The molecular weight excluding hydrogens is 436 g/mol. The highest BCUT2D eigenvalue weighted by Crippen LogP contribution is 2.24. The lowest BCUT2D eigenvalue weighted by molar-refractivity contribution is 0.357. The number of pyridine rings is 1. The maximum atomic E-state index is 13.4. The largest absolute Gasteiger partial charge is 0.468 e. The van der Waals surface area contributed by atoms with Crippen molar-refractivity contribution in [2.45, 2.75) is 31.8 Å². The summed E-state index contributed by atoms with van der Waals surface area (Å²) in [6.07, 6.45) is 1.48. The first kappa shape index (κ1) is 21.4. The number of aryl methyl sites for hydroxylation is 2. The SMILES string of the molecule is Cc1cc(C)c2cc(CN(Cc3ccco3)S(=O)(=O)c3ccc(Cl)cc3)c(=O)[nH]c2c1. The van der Waals surface area contributed by atoms with Gasteiger partial charge in [0.05, 0.1) is 17.7 Å². The van der Waals surface area contributed by atoms with Crippen molar-refractivity contribution in [2.75, 3.05) is 0 Å². The number of fused-ring (bicyclic) bond motifs is 1. The molecule has 0 bridgehead atoms. The predicted molar refractivity (Wildman–Crippen MR) is 121 cm³/mol. The van der Waals surface area contributed by atoms with E-state index in [9.17, 15) is 13.2 Å². The fourth-order valence-corrected chi connectivity index (χ4v) is 5.09. The Morgan fingerprint density at radius 3 is 2.45 bits per heavy atom. The van der Waals surface area contributed by atoms with E-state index in [1.54, 1.807) is 18.2 Å². The average molecular weight is 457 g/mol. The van der Waals surface area contributed by atoms with E-state index in [0.29, 0.717) is 16.3 Å². The second kappa shape index (κ2) is 8.34. The molecule has 0 saturated heterocycles. The zero-order chi connectivity index (χ0) is 22.2. The van der Waals surface area contributed by atoms with Gasteiger partial charge in [-0.15, -0.1) is 0 Å². The van der Waals surface area contributed by atoms with Crippen molar-refractivity contribution >= 4 is 32.5 Å². The third-order valence-electron chi connectivity index (χ3n) is 5.10. The van der Waals surface area contributed by atoms with Gasteiger partial charge in [0.2, 0.25) is 10.0 Å². The minimum absolute atomic E-state index is 0.0116. The molecule has 4 rings (SSSR count). The number of rotatable bonds is 6. The standard InChI is InChI=1S/C23H21ClN2O4S/c1-15-10-16(2)21-12-17(23(27)25-22(21)11-15)13-26(14-19-4-3-9-30-19)31(28,29)20-7-5-18(24)6-8-20/h3-12H,13-14H2,1-2H3,(H,25,27). The number of nitrogens with zero attached hydrogens (tertiary/aromatic N) is 1. The van der Waals surface area contributed by atoms with Gasteiger partial charge in [-0.05, 0) is 73.5 Å². The minimum Gasteiger partial charge on any atom is -0.468 e. The molecule has 0 atom stereocenters. The van der Waals surface area contributed by atoms with Crippen LogP contribution in [-0.2, 0) is 23.1 Å². The molecular formula is C23H21ClN2O4S. The molecule has 0 aliphatic rings. The number of nitrogens with one attached hydrogen (secondary N) is 1. The summed E-state index contributed by atoms with van der Waals surface area (Å²) in [6.45, 7) is 3.80. The van der Waals surface area contributed by atoms with Crippen LogP contribution in [0.5, 0.6) is 0 Å². The van der Waals surface area contributed by atoms with E-state index < -0.39 is 10.0 Å². The first-order chi connectivity index (χ1) is 14.7. The summed E-state index contributed by atoms with van der Waals surface area (Å²) in [6, 6.07) is 15.0. The molecule has 4 aromatic rings. The van der Waals surface area contributed by atoms with Crippen LogP contribution in [-0.4, -0.2) is 17.7 Å². The van der Waals surface area contributed by atoms with Gasteiger partial charge in [0, 0.05) is 28.0 Å². The third kappa shape index (κ3) is 4.44. The average Bonchev–Trinajstić information content (AvgIpc) is 3.22. The van der Waals surface area contributed by atoms with Gasteiger partial charge in [0.1, 0.15) is 5.76 Å². The molecule has 2 heterocycles. The van der Waals surface area contributed by atoms with Gasteiger partial charge in [-0.3, -0.25) is 4.79 Å². The Morgan fingerprint density at radius 2 is 1.77 bits per heavy atom. The van der Waals surface area contributed by atoms with E-state index in [0.717, 1.165) is 22.0 Å². The van der Waals surface area contributed by atoms with E-state index in [-0.39, 0.29) is 23.5 Å². The van der Waals surface area contributed by atoms with Crippen molar-refractivity contribution < 1.29 is 12.8 Å². The lowest BCUT2D eigenvalue weighted by Gasteiger charge is -2.21. The van der Waals surface area contributed by atoms with Crippen LogP contribution >= 0.6 is 11.6 Å². The summed E-state index contributed by atoms with van der Waals surface area (Å²) < 4.78 is 33.4. The van der Waals surface area contributed by atoms with Gasteiger partial charge in [-0.25, -0.2) is 8.42 Å². The summed E-state index contributed by atoms with van der Waals surface area (Å²) in [5.74, 6) is 0.474. The topological polar surface area (TPSA) is 83.4 Å². The molecule has 2 aromatic carbocycles. The number of aromatic nitrogens is 1. The zero-order valence-corrected chi connectivity index (χ0v) is 18.6. The fourth-order valence-electron chi connectivity index (χ4n) is 3.58. The lowest BCUT2D eigenvalue weighted by Crippen LogP contribution is -2.32. The first-order valence-corrected chi connectivity index (χ1v) is 11.5. The van der Waals surface area contributed by atoms with Gasteiger partial charge >= 0.3 is 0 Å². The smallest absolute Gasteiger partial charge is 0.252 e. The highest BCUT2D eigenvalue weighted by atomic mass is 35.5. The Balaban J connectivity index is 1.79. The van der Waals surface area contributed by atoms with Crippen LogP contribution in [0.2, 0.25) is 5.02 Å². The second-order valence-corrected chi connectivity index (χ2v) is 9.85. The Morgan fingerprint density at radius 1 is 1.03 bits per heavy atom.